The van der Waals surface area contributed by atoms with Crippen LogP contribution in [0.2, 0.25) is 0 Å². The molecule has 1 atom stereocenters. The summed E-state index contributed by atoms with van der Waals surface area (Å²) < 4.78 is 37.4. The lowest BCUT2D eigenvalue weighted by molar-refractivity contribution is -0.141. The number of aromatic nitrogens is 1. The van der Waals surface area contributed by atoms with Crippen molar-refractivity contribution >= 4 is 0 Å². The third-order valence-corrected chi connectivity index (χ3v) is 3.09. The average molecular weight is 265 g/mol. The maximum atomic E-state index is 12.5. The number of pyridine rings is 1. The predicted octanol–water partition coefficient (Wildman–Crippen LogP) is 4.64. The zero-order valence-corrected chi connectivity index (χ0v) is 10.5. The van der Waals surface area contributed by atoms with Crippen LogP contribution in [0.1, 0.15) is 36.1 Å². The fourth-order valence-corrected chi connectivity index (χ4v) is 2.13. The van der Waals surface area contributed by atoms with Crippen molar-refractivity contribution in [2.45, 2.75) is 25.4 Å². The monoisotopic (exact) mass is 265 g/mol. The van der Waals surface area contributed by atoms with Crippen LogP contribution in [-0.4, -0.2) is 4.98 Å². The number of hydrogen-bond acceptors (Lipinski definition) is 1. The van der Waals surface area contributed by atoms with Gasteiger partial charge in [0.1, 0.15) is 5.69 Å². The Kier molecular flexibility index (Phi) is 3.88. The van der Waals surface area contributed by atoms with Gasteiger partial charge in [0, 0.05) is 12.1 Å². The molecule has 4 heteroatoms. The summed E-state index contributed by atoms with van der Waals surface area (Å²) in [5.74, 6) is 0.0796. The largest absolute Gasteiger partial charge is 0.433 e. The summed E-state index contributed by atoms with van der Waals surface area (Å²) in [6, 6.07) is 12.3. The summed E-state index contributed by atoms with van der Waals surface area (Å²) in [4.78, 5) is 3.52. The lowest BCUT2D eigenvalue weighted by Crippen LogP contribution is -2.09. The molecule has 2 rings (SSSR count). The molecule has 0 fully saturated rings. The Hall–Kier alpha value is -1.84. The van der Waals surface area contributed by atoms with Crippen LogP contribution in [0.5, 0.6) is 0 Å². The summed E-state index contributed by atoms with van der Waals surface area (Å²) >= 11 is 0. The van der Waals surface area contributed by atoms with Crippen LogP contribution in [0.3, 0.4) is 0 Å². The van der Waals surface area contributed by atoms with E-state index in [0.29, 0.717) is 0 Å². The van der Waals surface area contributed by atoms with Crippen LogP contribution >= 0.6 is 0 Å². The number of halogens is 3. The second-order valence-electron chi connectivity index (χ2n) is 4.35. The first kappa shape index (κ1) is 13.6. The van der Waals surface area contributed by atoms with Gasteiger partial charge < -0.3 is 0 Å². The molecule has 0 bridgehead atoms. The molecule has 1 aromatic heterocycles. The highest BCUT2D eigenvalue weighted by molar-refractivity contribution is 5.31. The minimum atomic E-state index is -4.38. The summed E-state index contributed by atoms with van der Waals surface area (Å²) in [6.07, 6.45) is -2.24. The first-order chi connectivity index (χ1) is 9.02. The highest BCUT2D eigenvalue weighted by Crippen LogP contribution is 2.31. The van der Waals surface area contributed by atoms with Crippen molar-refractivity contribution in [3.05, 3.63) is 65.5 Å². The Morgan fingerprint density at radius 2 is 1.68 bits per heavy atom. The van der Waals surface area contributed by atoms with Gasteiger partial charge in [-0.25, -0.2) is 0 Å². The van der Waals surface area contributed by atoms with Crippen LogP contribution in [-0.2, 0) is 6.18 Å². The molecule has 19 heavy (non-hydrogen) atoms. The van der Waals surface area contributed by atoms with E-state index >= 15 is 0 Å². The lowest BCUT2D eigenvalue weighted by Gasteiger charge is -2.16. The third kappa shape index (κ3) is 3.13. The molecule has 0 radical (unpaired) electrons. The molecular formula is C15H14F3N. The van der Waals surface area contributed by atoms with E-state index in [0.717, 1.165) is 23.6 Å². The summed E-state index contributed by atoms with van der Waals surface area (Å²) in [7, 11) is 0. The van der Waals surface area contributed by atoms with Crippen LogP contribution < -0.4 is 0 Å². The molecule has 2 aromatic rings. The van der Waals surface area contributed by atoms with Gasteiger partial charge in [-0.15, -0.1) is 0 Å². The first-order valence-corrected chi connectivity index (χ1v) is 6.10. The summed E-state index contributed by atoms with van der Waals surface area (Å²) in [5.41, 5.74) is 1.05. The first-order valence-electron chi connectivity index (χ1n) is 6.10. The smallest absolute Gasteiger partial charge is 0.251 e. The van der Waals surface area contributed by atoms with E-state index in [1.807, 2.05) is 37.3 Å². The Labute approximate surface area is 110 Å². The Balaban J connectivity index is 2.30. The minimum Gasteiger partial charge on any atom is -0.251 e. The summed E-state index contributed by atoms with van der Waals surface area (Å²) in [5, 5.41) is 0. The molecule has 100 valence electrons. The third-order valence-electron chi connectivity index (χ3n) is 3.09. The Morgan fingerprint density at radius 3 is 2.16 bits per heavy atom. The van der Waals surface area contributed by atoms with Crippen molar-refractivity contribution in [1.82, 2.24) is 4.98 Å². The fraction of sp³-hybridized carbons (Fsp3) is 0.267. The second-order valence-corrected chi connectivity index (χ2v) is 4.35. The van der Waals surface area contributed by atoms with Crippen molar-refractivity contribution in [3.8, 4) is 0 Å². The van der Waals surface area contributed by atoms with Gasteiger partial charge in [-0.3, -0.25) is 4.98 Å². The highest BCUT2D eigenvalue weighted by Gasteiger charge is 2.32. The van der Waals surface area contributed by atoms with Crippen molar-refractivity contribution in [3.63, 3.8) is 0 Å². The van der Waals surface area contributed by atoms with E-state index < -0.39 is 11.9 Å². The van der Waals surface area contributed by atoms with Crippen molar-refractivity contribution in [2.75, 3.05) is 0 Å². The van der Waals surface area contributed by atoms with Crippen molar-refractivity contribution in [1.29, 1.82) is 0 Å². The molecule has 0 saturated carbocycles. The predicted molar refractivity (Wildman–Crippen MR) is 67.8 cm³/mol. The van der Waals surface area contributed by atoms with Gasteiger partial charge in [0.05, 0.1) is 0 Å². The Bertz CT molecular complexity index is 517. The van der Waals surface area contributed by atoms with Gasteiger partial charge in [-0.2, -0.15) is 13.2 Å². The zero-order chi connectivity index (χ0) is 13.9. The van der Waals surface area contributed by atoms with Crippen LogP contribution in [0, 0.1) is 0 Å². The van der Waals surface area contributed by atoms with Gasteiger partial charge in [-0.1, -0.05) is 43.3 Å². The molecule has 0 aliphatic carbocycles. The molecule has 1 aromatic carbocycles. The zero-order valence-electron chi connectivity index (χ0n) is 10.5. The van der Waals surface area contributed by atoms with E-state index in [1.165, 1.54) is 12.3 Å². The SMILES string of the molecule is CCC(c1ccccc1)c1ccc(C(F)(F)F)nc1. The van der Waals surface area contributed by atoms with E-state index in [-0.39, 0.29) is 5.92 Å². The summed E-state index contributed by atoms with van der Waals surface area (Å²) in [6.45, 7) is 2.01. The molecular weight excluding hydrogens is 251 g/mol. The number of rotatable bonds is 3. The van der Waals surface area contributed by atoms with Gasteiger partial charge in [-0.05, 0) is 23.6 Å². The quantitative estimate of drug-likeness (QED) is 0.787. The van der Waals surface area contributed by atoms with Crippen molar-refractivity contribution < 1.29 is 13.2 Å². The standard InChI is InChI=1S/C15H14F3N/c1-2-13(11-6-4-3-5-7-11)12-8-9-14(19-10-12)15(16,17)18/h3-10,13H,2H2,1H3. The minimum absolute atomic E-state index is 0.0796. The van der Waals surface area contributed by atoms with Gasteiger partial charge >= 0.3 is 6.18 Å². The maximum Gasteiger partial charge on any atom is 0.433 e. The lowest BCUT2D eigenvalue weighted by atomic mass is 9.90. The average Bonchev–Trinajstić information content (AvgIpc) is 2.40. The fourth-order valence-electron chi connectivity index (χ4n) is 2.13. The van der Waals surface area contributed by atoms with Gasteiger partial charge in [0.2, 0.25) is 0 Å². The van der Waals surface area contributed by atoms with E-state index in [9.17, 15) is 13.2 Å². The number of nitrogens with zero attached hydrogens (tertiary/aromatic N) is 1. The molecule has 0 saturated heterocycles. The van der Waals surface area contributed by atoms with Gasteiger partial charge in [0.15, 0.2) is 0 Å². The number of alkyl halides is 3. The van der Waals surface area contributed by atoms with Crippen LogP contribution in [0.25, 0.3) is 0 Å². The molecule has 0 aliphatic rings. The molecule has 1 heterocycles. The number of hydrogen-bond donors (Lipinski definition) is 0. The van der Waals surface area contributed by atoms with Crippen LogP contribution in [0.4, 0.5) is 13.2 Å². The number of benzene rings is 1. The van der Waals surface area contributed by atoms with E-state index in [1.54, 1.807) is 0 Å². The molecule has 1 unspecified atom stereocenters. The molecule has 0 N–H and O–H groups in total. The molecule has 0 aliphatic heterocycles. The highest BCUT2D eigenvalue weighted by atomic mass is 19.4. The molecule has 1 nitrogen and oxygen atoms in total. The Morgan fingerprint density at radius 1 is 1.00 bits per heavy atom. The molecule has 0 spiro atoms. The maximum absolute atomic E-state index is 12.5. The van der Waals surface area contributed by atoms with E-state index in [4.69, 9.17) is 0 Å². The van der Waals surface area contributed by atoms with Crippen molar-refractivity contribution in [2.24, 2.45) is 0 Å². The second kappa shape index (κ2) is 5.43. The molecule has 0 amide bonds. The van der Waals surface area contributed by atoms with Crippen LogP contribution in [0.15, 0.2) is 48.7 Å². The topological polar surface area (TPSA) is 12.9 Å². The van der Waals surface area contributed by atoms with E-state index in [2.05, 4.69) is 4.98 Å². The normalized spacial score (nSPS) is 13.3. The van der Waals surface area contributed by atoms with Gasteiger partial charge in [0.25, 0.3) is 0 Å².